The summed E-state index contributed by atoms with van der Waals surface area (Å²) < 4.78 is 32.0. The molecule has 0 heterocycles. The van der Waals surface area contributed by atoms with Crippen molar-refractivity contribution in [3.8, 4) is 0 Å². The Morgan fingerprint density at radius 1 is 1.33 bits per heavy atom. The van der Waals surface area contributed by atoms with Gasteiger partial charge in [-0.05, 0) is 12.5 Å². The third kappa shape index (κ3) is 3.32. The van der Waals surface area contributed by atoms with E-state index in [1.54, 1.807) is 0 Å². The molecule has 0 saturated carbocycles. The molecule has 0 saturated heterocycles. The molecule has 0 radical (unpaired) electrons. The van der Waals surface area contributed by atoms with E-state index >= 15 is 0 Å². The first-order valence-electron chi connectivity index (χ1n) is 3.53. The van der Waals surface area contributed by atoms with Crippen LogP contribution in [0.25, 0.3) is 0 Å². The summed E-state index contributed by atoms with van der Waals surface area (Å²) in [4.78, 5) is 8.99. The van der Waals surface area contributed by atoms with E-state index in [1.807, 2.05) is 0 Å². The molecule has 1 rings (SSSR count). The first-order valence-corrected chi connectivity index (χ1v) is 4.94. The smallest absolute Gasteiger partial charge is 0.744 e. The molecule has 1 aromatic carbocycles. The van der Waals surface area contributed by atoms with Crippen molar-refractivity contribution < 1.29 is 36.8 Å². The second kappa shape index (κ2) is 4.77. The van der Waals surface area contributed by atoms with Crippen LogP contribution in [0.2, 0.25) is 0 Å². The van der Waals surface area contributed by atoms with Crippen LogP contribution >= 0.6 is 0 Å². The minimum atomic E-state index is -4.64. The van der Waals surface area contributed by atoms with Crippen molar-refractivity contribution in [1.82, 2.24) is 0 Å². The van der Waals surface area contributed by atoms with Crippen molar-refractivity contribution in [1.29, 1.82) is 0 Å². The molecule has 0 aliphatic carbocycles. The molecule has 0 aliphatic rings. The van der Waals surface area contributed by atoms with E-state index in [4.69, 9.17) is 0 Å². The summed E-state index contributed by atoms with van der Waals surface area (Å²) in [5.74, 6) is 0. The Morgan fingerprint density at radius 2 is 1.87 bits per heavy atom. The summed E-state index contributed by atoms with van der Waals surface area (Å²) in [7, 11) is -4.64. The number of nitro groups is 1. The molecule has 6 nitrogen and oxygen atoms in total. The minimum Gasteiger partial charge on any atom is -0.744 e. The van der Waals surface area contributed by atoms with Gasteiger partial charge in [-0.25, -0.2) is 8.42 Å². The maximum Gasteiger partial charge on any atom is 1.00 e. The fourth-order valence-electron chi connectivity index (χ4n) is 0.972. The van der Waals surface area contributed by atoms with Crippen molar-refractivity contribution >= 4 is 15.8 Å². The number of aryl methyl sites for hydroxylation is 1. The molecule has 8 heteroatoms. The zero-order valence-corrected chi connectivity index (χ0v) is 8.95. The van der Waals surface area contributed by atoms with Crippen LogP contribution in [0.4, 0.5) is 5.69 Å². The van der Waals surface area contributed by atoms with Gasteiger partial charge in [0.05, 0.1) is 9.82 Å². The molecule has 15 heavy (non-hydrogen) atoms. The van der Waals surface area contributed by atoms with Crippen LogP contribution < -0.4 is 18.9 Å². The Bertz CT molecular complexity index is 484. The van der Waals surface area contributed by atoms with E-state index in [9.17, 15) is 23.1 Å². The number of hydrogen-bond acceptors (Lipinski definition) is 5. The molecule has 0 atom stereocenters. The van der Waals surface area contributed by atoms with Gasteiger partial charge in [-0.3, -0.25) is 10.1 Å². The van der Waals surface area contributed by atoms with Crippen molar-refractivity contribution in [2.75, 3.05) is 0 Å². The molecule has 0 N–H and O–H groups in total. The molecular formula is C7H6LiNO5S. The average molecular weight is 223 g/mol. The number of hydrogen-bond donors (Lipinski definition) is 0. The Balaban J connectivity index is 0.00000196. The molecule has 0 amide bonds. The van der Waals surface area contributed by atoms with Crippen LogP contribution in [-0.2, 0) is 10.1 Å². The summed E-state index contributed by atoms with van der Waals surface area (Å²) in [5, 5.41) is 10.3. The van der Waals surface area contributed by atoms with Gasteiger partial charge in [-0.15, -0.1) is 0 Å². The van der Waals surface area contributed by atoms with Crippen molar-refractivity contribution in [3.05, 3.63) is 33.9 Å². The maximum atomic E-state index is 10.7. The average Bonchev–Trinajstić information content (AvgIpc) is 2.02. The van der Waals surface area contributed by atoms with Crippen molar-refractivity contribution in [3.63, 3.8) is 0 Å². The van der Waals surface area contributed by atoms with E-state index in [2.05, 4.69) is 0 Å². The van der Waals surface area contributed by atoms with Gasteiger partial charge < -0.3 is 4.55 Å². The van der Waals surface area contributed by atoms with Crippen LogP contribution in [-0.4, -0.2) is 17.9 Å². The summed E-state index contributed by atoms with van der Waals surface area (Å²) in [6, 6.07) is 3.13. The molecule has 0 spiro atoms. The Morgan fingerprint density at radius 3 is 2.27 bits per heavy atom. The first-order chi connectivity index (χ1) is 6.32. The molecule has 0 aliphatic heterocycles. The quantitative estimate of drug-likeness (QED) is 0.245. The molecule has 0 fully saturated rings. The minimum absolute atomic E-state index is 0. The first kappa shape index (κ1) is 14.1. The van der Waals surface area contributed by atoms with Crippen LogP contribution in [0.1, 0.15) is 5.56 Å². The second-order valence-electron chi connectivity index (χ2n) is 2.66. The number of benzene rings is 1. The van der Waals surface area contributed by atoms with Crippen LogP contribution in [0.15, 0.2) is 23.1 Å². The standard InChI is InChI=1S/C7H7NO5S.Li/c1-5-2-3-6(8(9)10)4-7(5)14(11,12)13;/h2-4H,1H3,(H,11,12,13);/q;+1/p-1. The topological polar surface area (TPSA) is 100 Å². The van der Waals surface area contributed by atoms with Crippen LogP contribution in [0.5, 0.6) is 0 Å². The van der Waals surface area contributed by atoms with Gasteiger partial charge in [0, 0.05) is 12.1 Å². The Labute approximate surface area is 98.4 Å². The van der Waals surface area contributed by atoms with Crippen LogP contribution in [0, 0.1) is 17.0 Å². The van der Waals surface area contributed by atoms with E-state index < -0.39 is 25.6 Å². The molecule has 1 aromatic rings. The van der Waals surface area contributed by atoms with Gasteiger partial charge in [0.15, 0.2) is 0 Å². The molecule has 0 aromatic heterocycles. The van der Waals surface area contributed by atoms with Gasteiger partial charge in [-0.1, -0.05) is 6.07 Å². The summed E-state index contributed by atoms with van der Waals surface area (Å²) in [5.41, 5.74) is -0.212. The molecule has 0 unspecified atom stereocenters. The molecular weight excluding hydrogens is 217 g/mol. The normalized spacial score (nSPS) is 10.5. The second-order valence-corrected chi connectivity index (χ2v) is 4.01. The Hall–Kier alpha value is -0.873. The van der Waals surface area contributed by atoms with Crippen molar-refractivity contribution in [2.45, 2.75) is 11.8 Å². The van der Waals surface area contributed by atoms with E-state index in [-0.39, 0.29) is 24.4 Å². The predicted molar refractivity (Wildman–Crippen MR) is 45.8 cm³/mol. The molecule has 76 valence electrons. The van der Waals surface area contributed by atoms with Gasteiger partial charge in [-0.2, -0.15) is 0 Å². The van der Waals surface area contributed by atoms with Gasteiger partial charge in [0.2, 0.25) is 0 Å². The summed E-state index contributed by atoms with van der Waals surface area (Å²) >= 11 is 0. The fourth-order valence-corrected chi connectivity index (χ4v) is 1.70. The number of nitrogens with zero attached hydrogens (tertiary/aromatic N) is 1. The zero-order chi connectivity index (χ0) is 10.9. The summed E-state index contributed by atoms with van der Waals surface area (Å²) in [6.45, 7) is 1.40. The number of rotatable bonds is 2. The van der Waals surface area contributed by atoms with Gasteiger partial charge in [0.1, 0.15) is 10.1 Å². The third-order valence-electron chi connectivity index (χ3n) is 1.65. The van der Waals surface area contributed by atoms with Crippen molar-refractivity contribution in [2.24, 2.45) is 0 Å². The summed E-state index contributed by atoms with van der Waals surface area (Å²) in [6.07, 6.45) is 0. The number of non-ortho nitro benzene ring substituents is 1. The van der Waals surface area contributed by atoms with E-state index in [0.717, 1.165) is 12.1 Å². The van der Waals surface area contributed by atoms with Gasteiger partial charge in [0.25, 0.3) is 5.69 Å². The third-order valence-corrected chi connectivity index (χ3v) is 2.63. The SMILES string of the molecule is Cc1ccc([N+](=O)[O-])cc1S(=O)(=O)[O-].[Li+]. The predicted octanol–water partition coefficient (Wildman–Crippen LogP) is -2.19. The van der Waals surface area contributed by atoms with Gasteiger partial charge >= 0.3 is 18.9 Å². The molecule has 0 bridgehead atoms. The van der Waals surface area contributed by atoms with E-state index in [0.29, 0.717) is 0 Å². The fraction of sp³-hybridized carbons (Fsp3) is 0.143. The largest absolute Gasteiger partial charge is 1.00 e. The van der Waals surface area contributed by atoms with Crippen LogP contribution in [0.3, 0.4) is 0 Å². The van der Waals surface area contributed by atoms with E-state index in [1.165, 1.54) is 13.0 Å². The monoisotopic (exact) mass is 223 g/mol. The Kier molecular flexibility index (Phi) is 4.49. The maximum absolute atomic E-state index is 10.7. The zero-order valence-electron chi connectivity index (χ0n) is 8.13. The number of nitro benzene ring substituents is 1.